The van der Waals surface area contributed by atoms with Crippen molar-refractivity contribution in [3.05, 3.63) is 12.7 Å². The highest BCUT2D eigenvalue weighted by Crippen LogP contribution is 2.13. The summed E-state index contributed by atoms with van der Waals surface area (Å²) in [5, 5.41) is 0. The summed E-state index contributed by atoms with van der Waals surface area (Å²) in [7, 11) is 0.500. The van der Waals surface area contributed by atoms with Crippen molar-refractivity contribution in [3.63, 3.8) is 0 Å². The number of carbonyl (C=O) groups is 1. The van der Waals surface area contributed by atoms with Gasteiger partial charge in [0.05, 0.1) is 26.6 Å². The van der Waals surface area contributed by atoms with E-state index in [1.54, 1.807) is 0 Å². The molecule has 3 nitrogen and oxygen atoms in total. The quantitative estimate of drug-likeness (QED) is 0.247. The second kappa shape index (κ2) is 30.6. The molecule has 25 heavy (non-hydrogen) atoms. The Bertz CT molecular complexity index is 249. The van der Waals surface area contributed by atoms with Crippen LogP contribution in [0.2, 0.25) is 0 Å². The van der Waals surface area contributed by atoms with Gasteiger partial charge in [-0.05, 0) is 20.3 Å². The van der Waals surface area contributed by atoms with Gasteiger partial charge in [-0.3, -0.25) is 8.78 Å². The molecule has 1 atom stereocenters. The fourth-order valence-corrected chi connectivity index (χ4v) is 0.568. The van der Waals surface area contributed by atoms with Crippen molar-refractivity contribution in [1.29, 1.82) is 0 Å². The SMILES string of the molecule is C.C.C=CC(=O)OCCOC(C)CC.CCF.CF.FCC(F)(F)F. The van der Waals surface area contributed by atoms with Gasteiger partial charge < -0.3 is 9.47 Å². The third-order valence-electron chi connectivity index (χ3n) is 1.62. The lowest BCUT2D eigenvalue weighted by atomic mass is 10.3. The second-order valence-corrected chi connectivity index (χ2v) is 3.48. The zero-order valence-corrected chi connectivity index (χ0v) is 13.9. The Hall–Kier alpha value is -1.25. The topological polar surface area (TPSA) is 35.5 Å². The van der Waals surface area contributed by atoms with Gasteiger partial charge in [0.15, 0.2) is 6.67 Å². The highest BCUT2D eigenvalue weighted by atomic mass is 19.4. The molecule has 158 valence electrons. The van der Waals surface area contributed by atoms with E-state index in [0.717, 1.165) is 12.5 Å². The number of hydrogen-bond acceptors (Lipinski definition) is 3. The van der Waals surface area contributed by atoms with Gasteiger partial charge in [-0.25, -0.2) is 9.18 Å². The van der Waals surface area contributed by atoms with E-state index in [4.69, 9.17) is 9.47 Å². The molecule has 0 heterocycles. The standard InChI is InChI=1S/C9H16O3.C2H2F4.C2H5F.CH3F.2CH4/c1-4-8(3)11-6-7-12-9(10)5-2;3-1-2(4,5)6;1-2-3;1-2;;/h5,8H,2,4,6-7H2,1,3H3;1H2;2H2,1H3;1H3;2*1H4. The Morgan fingerprint density at radius 2 is 1.48 bits per heavy atom. The van der Waals surface area contributed by atoms with Crippen molar-refractivity contribution < 1.29 is 40.6 Å². The zero-order valence-electron chi connectivity index (χ0n) is 13.9. The molecule has 0 saturated heterocycles. The number of rotatable bonds is 6. The Labute approximate surface area is 148 Å². The minimum atomic E-state index is -4.62. The van der Waals surface area contributed by atoms with E-state index in [1.807, 2.05) is 13.8 Å². The molecule has 0 spiro atoms. The molecule has 0 aliphatic heterocycles. The normalized spacial score (nSPS) is 9.68. The average Bonchev–Trinajstić information content (AvgIpc) is 2.53. The number of hydrogen-bond donors (Lipinski definition) is 0. The summed E-state index contributed by atoms with van der Waals surface area (Å²) in [6.07, 6.45) is -2.29. The Kier molecular flexibility index (Phi) is 47.8. The van der Waals surface area contributed by atoms with Crippen LogP contribution in [0.1, 0.15) is 42.0 Å². The van der Waals surface area contributed by atoms with Crippen LogP contribution in [-0.4, -0.2) is 52.0 Å². The van der Waals surface area contributed by atoms with Crippen molar-refractivity contribution in [2.24, 2.45) is 0 Å². The largest absolute Gasteiger partial charge is 0.460 e. The van der Waals surface area contributed by atoms with Crippen molar-refractivity contribution in [2.45, 2.75) is 54.3 Å². The highest BCUT2D eigenvalue weighted by molar-refractivity contribution is 5.81. The zero-order chi connectivity index (χ0) is 19.3. The lowest BCUT2D eigenvalue weighted by molar-refractivity contribution is -0.142. The Morgan fingerprint density at radius 3 is 1.72 bits per heavy atom. The second-order valence-electron chi connectivity index (χ2n) is 3.48. The summed E-state index contributed by atoms with van der Waals surface area (Å²) in [5.41, 5.74) is 0. The lowest BCUT2D eigenvalue weighted by Crippen LogP contribution is -2.13. The van der Waals surface area contributed by atoms with Gasteiger partial charge in [-0.2, -0.15) is 13.2 Å². The van der Waals surface area contributed by atoms with Crippen LogP contribution in [0.5, 0.6) is 0 Å². The first-order chi connectivity index (χ1) is 10.7. The van der Waals surface area contributed by atoms with Crippen molar-refractivity contribution in [2.75, 3.05) is 33.7 Å². The van der Waals surface area contributed by atoms with E-state index in [0.29, 0.717) is 20.4 Å². The summed E-state index contributed by atoms with van der Waals surface area (Å²) >= 11 is 0. The van der Waals surface area contributed by atoms with Gasteiger partial charge in [0, 0.05) is 6.08 Å². The van der Waals surface area contributed by atoms with Crippen molar-refractivity contribution in [3.8, 4) is 0 Å². The minimum absolute atomic E-state index is 0. The number of alkyl halides is 6. The molecular formula is C16H34F6O3. The molecule has 0 N–H and O–H groups in total. The van der Waals surface area contributed by atoms with E-state index in [2.05, 4.69) is 6.58 Å². The summed E-state index contributed by atoms with van der Waals surface area (Å²) in [6.45, 7) is 7.03. The first kappa shape index (κ1) is 39.0. The van der Waals surface area contributed by atoms with Crippen LogP contribution in [0, 0.1) is 0 Å². The number of halogens is 6. The molecule has 0 aromatic heterocycles. The smallest absolute Gasteiger partial charge is 0.416 e. The van der Waals surface area contributed by atoms with Crippen LogP contribution in [0.4, 0.5) is 26.3 Å². The van der Waals surface area contributed by atoms with Gasteiger partial charge in [-0.1, -0.05) is 28.4 Å². The van der Waals surface area contributed by atoms with Crippen LogP contribution in [-0.2, 0) is 14.3 Å². The molecule has 0 radical (unpaired) electrons. The molecule has 9 heteroatoms. The third kappa shape index (κ3) is 60.3. The summed E-state index contributed by atoms with van der Waals surface area (Å²) < 4.78 is 71.4. The highest BCUT2D eigenvalue weighted by Gasteiger charge is 2.26. The number of carbonyl (C=O) groups excluding carboxylic acids is 1. The van der Waals surface area contributed by atoms with Crippen LogP contribution >= 0.6 is 0 Å². The Morgan fingerprint density at radius 1 is 1.12 bits per heavy atom. The van der Waals surface area contributed by atoms with Gasteiger partial charge in [-0.15, -0.1) is 0 Å². The maximum Gasteiger partial charge on any atom is 0.416 e. The Balaban J connectivity index is -0.0000000591. The molecule has 0 saturated carbocycles. The van der Waals surface area contributed by atoms with E-state index >= 15 is 0 Å². The fourth-order valence-electron chi connectivity index (χ4n) is 0.568. The summed E-state index contributed by atoms with van der Waals surface area (Å²) in [4.78, 5) is 10.5. The number of ether oxygens (including phenoxy) is 2. The molecule has 0 rings (SSSR count). The summed E-state index contributed by atoms with van der Waals surface area (Å²) in [5.74, 6) is -0.400. The maximum atomic E-state index is 10.5. The van der Waals surface area contributed by atoms with Crippen LogP contribution in [0.3, 0.4) is 0 Å². The molecule has 0 bridgehead atoms. The average molecular weight is 388 g/mol. The molecule has 0 amide bonds. The predicted molar refractivity (Wildman–Crippen MR) is 91.0 cm³/mol. The first-order valence-electron chi connectivity index (χ1n) is 6.65. The molecule has 1 unspecified atom stereocenters. The van der Waals surface area contributed by atoms with E-state index in [1.165, 1.54) is 6.92 Å². The molecule has 0 aliphatic rings. The third-order valence-corrected chi connectivity index (χ3v) is 1.62. The lowest BCUT2D eigenvalue weighted by Gasteiger charge is -2.09. The van der Waals surface area contributed by atoms with Crippen molar-refractivity contribution >= 4 is 5.97 Å². The molecular weight excluding hydrogens is 354 g/mol. The van der Waals surface area contributed by atoms with Crippen LogP contribution in [0.25, 0.3) is 0 Å². The summed E-state index contributed by atoms with van der Waals surface area (Å²) in [6, 6.07) is 0. The molecule has 0 aliphatic carbocycles. The first-order valence-corrected chi connectivity index (χ1v) is 6.65. The van der Waals surface area contributed by atoms with E-state index < -0.39 is 18.8 Å². The molecule has 0 fully saturated rings. The fraction of sp³-hybridized carbons (Fsp3) is 0.812. The van der Waals surface area contributed by atoms with Crippen LogP contribution in [0.15, 0.2) is 12.7 Å². The van der Waals surface area contributed by atoms with Gasteiger partial charge in [0.2, 0.25) is 0 Å². The van der Waals surface area contributed by atoms with Crippen molar-refractivity contribution in [1.82, 2.24) is 0 Å². The van der Waals surface area contributed by atoms with Gasteiger partial charge in [0.25, 0.3) is 0 Å². The minimum Gasteiger partial charge on any atom is -0.460 e. The monoisotopic (exact) mass is 388 g/mol. The molecule has 0 aromatic carbocycles. The number of esters is 1. The molecule has 0 aromatic rings. The van der Waals surface area contributed by atoms with Gasteiger partial charge in [0.1, 0.15) is 6.61 Å². The van der Waals surface area contributed by atoms with Crippen LogP contribution < -0.4 is 0 Å². The predicted octanol–water partition coefficient (Wildman–Crippen LogP) is 5.88. The van der Waals surface area contributed by atoms with E-state index in [-0.39, 0.29) is 27.6 Å². The maximum absolute atomic E-state index is 10.5. The van der Waals surface area contributed by atoms with Gasteiger partial charge >= 0.3 is 12.1 Å². The van der Waals surface area contributed by atoms with E-state index in [9.17, 15) is 31.1 Å².